The van der Waals surface area contributed by atoms with E-state index in [4.69, 9.17) is 0 Å². The van der Waals surface area contributed by atoms with Gasteiger partial charge < -0.3 is 10.6 Å². The largest absolute Gasteiger partial charge is 0.315 e. The maximum Gasteiger partial charge on any atom is 0.0306 e. The summed E-state index contributed by atoms with van der Waals surface area (Å²) in [5.74, 6) is 0. The summed E-state index contributed by atoms with van der Waals surface area (Å²) < 4.78 is 0. The molecule has 0 aromatic carbocycles. The van der Waals surface area contributed by atoms with E-state index in [1.165, 1.54) is 32.2 Å². The Morgan fingerprint density at radius 2 is 2.25 bits per heavy atom. The van der Waals surface area contributed by atoms with Gasteiger partial charge in [0, 0.05) is 12.1 Å². The highest BCUT2D eigenvalue weighted by molar-refractivity contribution is 4.94. The molecule has 1 rings (SSSR count). The molecule has 0 aliphatic carbocycles. The van der Waals surface area contributed by atoms with E-state index >= 15 is 0 Å². The molecule has 1 aliphatic rings. The molecule has 0 saturated carbocycles. The first-order valence-electron chi connectivity index (χ1n) is 5.29. The monoisotopic (exact) mass is 170 g/mol. The standard InChI is InChI=1S/C10H22N2/c1-3-6-10(9-11-4-2)7-5-8-12-10/h11-12H,3-9H2,1-2H3. The van der Waals surface area contributed by atoms with Gasteiger partial charge >= 0.3 is 0 Å². The molecule has 1 saturated heterocycles. The summed E-state index contributed by atoms with van der Waals surface area (Å²) in [6.07, 6.45) is 5.32. The van der Waals surface area contributed by atoms with E-state index in [9.17, 15) is 0 Å². The summed E-state index contributed by atoms with van der Waals surface area (Å²) in [4.78, 5) is 0. The number of nitrogens with one attached hydrogen (secondary N) is 2. The van der Waals surface area contributed by atoms with Crippen LogP contribution >= 0.6 is 0 Å². The van der Waals surface area contributed by atoms with Gasteiger partial charge in [-0.3, -0.25) is 0 Å². The molecule has 0 spiro atoms. The highest BCUT2D eigenvalue weighted by Crippen LogP contribution is 2.23. The van der Waals surface area contributed by atoms with Crippen LogP contribution in [0.25, 0.3) is 0 Å². The molecule has 0 aromatic heterocycles. The van der Waals surface area contributed by atoms with Gasteiger partial charge in [-0.05, 0) is 32.4 Å². The van der Waals surface area contributed by atoms with Crippen molar-refractivity contribution in [2.24, 2.45) is 0 Å². The second-order valence-electron chi connectivity index (χ2n) is 3.84. The average molecular weight is 170 g/mol. The quantitative estimate of drug-likeness (QED) is 0.653. The molecule has 1 atom stereocenters. The van der Waals surface area contributed by atoms with E-state index in [1.807, 2.05) is 0 Å². The third-order valence-corrected chi connectivity index (χ3v) is 2.77. The molecular weight excluding hydrogens is 148 g/mol. The van der Waals surface area contributed by atoms with Gasteiger partial charge in [-0.15, -0.1) is 0 Å². The van der Waals surface area contributed by atoms with E-state index in [2.05, 4.69) is 24.5 Å². The molecule has 0 radical (unpaired) electrons. The molecule has 1 fully saturated rings. The van der Waals surface area contributed by atoms with Gasteiger partial charge in [0.25, 0.3) is 0 Å². The minimum Gasteiger partial charge on any atom is -0.315 e. The van der Waals surface area contributed by atoms with Gasteiger partial charge in [0.05, 0.1) is 0 Å². The zero-order valence-electron chi connectivity index (χ0n) is 8.45. The van der Waals surface area contributed by atoms with E-state index in [-0.39, 0.29) is 0 Å². The second-order valence-corrected chi connectivity index (χ2v) is 3.84. The first-order chi connectivity index (χ1) is 5.83. The fourth-order valence-corrected chi connectivity index (χ4v) is 2.16. The molecule has 1 heterocycles. The van der Waals surface area contributed by atoms with Crippen LogP contribution in [0.4, 0.5) is 0 Å². The lowest BCUT2D eigenvalue weighted by Crippen LogP contribution is -2.48. The molecular formula is C10H22N2. The van der Waals surface area contributed by atoms with Crippen molar-refractivity contribution in [1.82, 2.24) is 10.6 Å². The number of hydrogen-bond donors (Lipinski definition) is 2. The maximum atomic E-state index is 3.64. The van der Waals surface area contributed by atoms with Crippen molar-refractivity contribution in [3.05, 3.63) is 0 Å². The minimum absolute atomic E-state index is 0.435. The normalized spacial score (nSPS) is 29.5. The van der Waals surface area contributed by atoms with Crippen molar-refractivity contribution in [3.8, 4) is 0 Å². The Morgan fingerprint density at radius 1 is 1.42 bits per heavy atom. The predicted molar refractivity (Wildman–Crippen MR) is 53.4 cm³/mol. The van der Waals surface area contributed by atoms with Crippen LogP contribution in [-0.4, -0.2) is 25.2 Å². The lowest BCUT2D eigenvalue weighted by atomic mass is 9.92. The highest BCUT2D eigenvalue weighted by Gasteiger charge is 2.31. The van der Waals surface area contributed by atoms with Crippen molar-refractivity contribution in [3.63, 3.8) is 0 Å². The molecule has 2 heteroatoms. The summed E-state index contributed by atoms with van der Waals surface area (Å²) >= 11 is 0. The van der Waals surface area contributed by atoms with Crippen LogP contribution in [0, 0.1) is 0 Å². The van der Waals surface area contributed by atoms with E-state index in [0.29, 0.717) is 5.54 Å². The fourth-order valence-electron chi connectivity index (χ4n) is 2.16. The van der Waals surface area contributed by atoms with Crippen molar-refractivity contribution >= 4 is 0 Å². The summed E-state index contributed by atoms with van der Waals surface area (Å²) in [6, 6.07) is 0. The lowest BCUT2D eigenvalue weighted by molar-refractivity contribution is 0.328. The number of rotatable bonds is 5. The molecule has 0 bridgehead atoms. The van der Waals surface area contributed by atoms with Crippen LogP contribution in [0.1, 0.15) is 39.5 Å². The van der Waals surface area contributed by atoms with Crippen molar-refractivity contribution < 1.29 is 0 Å². The summed E-state index contributed by atoms with van der Waals surface area (Å²) in [6.45, 7) is 7.90. The van der Waals surface area contributed by atoms with E-state index in [0.717, 1.165) is 13.1 Å². The van der Waals surface area contributed by atoms with Crippen LogP contribution in [0.3, 0.4) is 0 Å². The van der Waals surface area contributed by atoms with Gasteiger partial charge in [0.2, 0.25) is 0 Å². The topological polar surface area (TPSA) is 24.1 Å². The van der Waals surface area contributed by atoms with E-state index < -0.39 is 0 Å². The first-order valence-corrected chi connectivity index (χ1v) is 5.29. The molecule has 1 unspecified atom stereocenters. The van der Waals surface area contributed by atoms with Crippen molar-refractivity contribution in [2.75, 3.05) is 19.6 Å². The second kappa shape index (κ2) is 4.83. The Balaban J connectivity index is 2.35. The number of hydrogen-bond acceptors (Lipinski definition) is 2. The molecule has 72 valence electrons. The Morgan fingerprint density at radius 3 is 2.75 bits per heavy atom. The molecule has 0 aromatic rings. The Labute approximate surface area is 76.1 Å². The van der Waals surface area contributed by atoms with Crippen LogP contribution in [0.2, 0.25) is 0 Å². The zero-order valence-corrected chi connectivity index (χ0v) is 8.45. The summed E-state index contributed by atoms with van der Waals surface area (Å²) in [5, 5.41) is 7.10. The Bertz CT molecular complexity index is 117. The van der Waals surface area contributed by atoms with Crippen LogP contribution in [-0.2, 0) is 0 Å². The summed E-state index contributed by atoms with van der Waals surface area (Å²) in [5.41, 5.74) is 0.435. The van der Waals surface area contributed by atoms with Gasteiger partial charge in [-0.25, -0.2) is 0 Å². The molecule has 1 aliphatic heterocycles. The SMILES string of the molecule is CCCC1(CNCC)CCCN1. The Hall–Kier alpha value is -0.0800. The van der Waals surface area contributed by atoms with Crippen molar-refractivity contribution in [2.45, 2.75) is 45.1 Å². The summed E-state index contributed by atoms with van der Waals surface area (Å²) in [7, 11) is 0. The van der Waals surface area contributed by atoms with E-state index in [1.54, 1.807) is 0 Å². The van der Waals surface area contributed by atoms with Gasteiger partial charge in [0.1, 0.15) is 0 Å². The van der Waals surface area contributed by atoms with Crippen LogP contribution in [0.5, 0.6) is 0 Å². The molecule has 12 heavy (non-hydrogen) atoms. The zero-order chi connectivity index (χ0) is 8.86. The third kappa shape index (κ3) is 2.46. The average Bonchev–Trinajstić information content (AvgIpc) is 2.51. The lowest BCUT2D eigenvalue weighted by Gasteiger charge is -2.29. The van der Waals surface area contributed by atoms with Gasteiger partial charge in [-0.2, -0.15) is 0 Å². The van der Waals surface area contributed by atoms with Gasteiger partial charge in [-0.1, -0.05) is 20.3 Å². The first kappa shape index (κ1) is 10.0. The van der Waals surface area contributed by atoms with Crippen molar-refractivity contribution in [1.29, 1.82) is 0 Å². The highest BCUT2D eigenvalue weighted by atomic mass is 15.1. The third-order valence-electron chi connectivity index (χ3n) is 2.77. The fraction of sp³-hybridized carbons (Fsp3) is 1.00. The smallest absolute Gasteiger partial charge is 0.0306 e. The van der Waals surface area contributed by atoms with Crippen LogP contribution < -0.4 is 10.6 Å². The van der Waals surface area contributed by atoms with Gasteiger partial charge in [0.15, 0.2) is 0 Å². The molecule has 2 N–H and O–H groups in total. The maximum absolute atomic E-state index is 3.64. The molecule has 2 nitrogen and oxygen atoms in total. The molecule has 0 amide bonds. The van der Waals surface area contributed by atoms with Crippen LogP contribution in [0.15, 0.2) is 0 Å². The predicted octanol–water partition coefficient (Wildman–Crippen LogP) is 1.52. The minimum atomic E-state index is 0.435. The number of likely N-dealkylation sites (N-methyl/N-ethyl adjacent to an activating group) is 1. The Kier molecular flexibility index (Phi) is 4.02.